The topological polar surface area (TPSA) is 29.0 Å². The van der Waals surface area contributed by atoms with E-state index in [0.717, 1.165) is 22.2 Å². The van der Waals surface area contributed by atoms with Gasteiger partial charge in [0.2, 0.25) is 0 Å². The van der Waals surface area contributed by atoms with Crippen LogP contribution in [0.4, 0.5) is 5.82 Å². The summed E-state index contributed by atoms with van der Waals surface area (Å²) in [6.07, 6.45) is 5.75. The van der Waals surface area contributed by atoms with Crippen molar-refractivity contribution in [2.24, 2.45) is 0 Å². The van der Waals surface area contributed by atoms with Crippen molar-refractivity contribution in [2.75, 3.05) is 11.9 Å². The zero-order chi connectivity index (χ0) is 10.6. The summed E-state index contributed by atoms with van der Waals surface area (Å²) in [6, 6.07) is 0.568. The lowest BCUT2D eigenvalue weighted by Crippen LogP contribution is -2.31. The Kier molecular flexibility index (Phi) is 4.57. The predicted octanol–water partition coefficient (Wildman–Crippen LogP) is 2.71. The molecule has 0 amide bonds. The fraction of sp³-hybridized carbons (Fsp3) is 0.600. The monoisotopic (exact) mass is 305 g/mol. The lowest BCUT2D eigenvalue weighted by molar-refractivity contribution is 0.585. The highest BCUT2D eigenvalue weighted by Crippen LogP contribution is 2.20. The van der Waals surface area contributed by atoms with Crippen molar-refractivity contribution in [1.82, 2.24) is 9.97 Å². The summed E-state index contributed by atoms with van der Waals surface area (Å²) in [6.45, 7) is 4.41. The van der Waals surface area contributed by atoms with Crippen LogP contribution in [0.2, 0.25) is 0 Å². The fourth-order valence-corrected chi connectivity index (χ4v) is 2.26. The molecule has 0 unspecified atom stereocenters. The molecule has 0 spiro atoms. The van der Waals surface area contributed by atoms with Crippen LogP contribution in [0.5, 0.6) is 0 Å². The summed E-state index contributed by atoms with van der Waals surface area (Å²) in [7, 11) is 2.10. The Balaban J connectivity index is 2.88. The zero-order valence-electron chi connectivity index (χ0n) is 8.87. The lowest BCUT2D eigenvalue weighted by atomic mass is 10.1. The van der Waals surface area contributed by atoms with E-state index in [2.05, 4.69) is 58.4 Å². The van der Waals surface area contributed by atoms with Crippen molar-refractivity contribution < 1.29 is 0 Å². The van der Waals surface area contributed by atoms with E-state index in [-0.39, 0.29) is 0 Å². The molecular formula is C10H16IN3. The van der Waals surface area contributed by atoms with Gasteiger partial charge < -0.3 is 4.90 Å². The molecule has 1 heterocycles. The van der Waals surface area contributed by atoms with Crippen molar-refractivity contribution in [1.29, 1.82) is 0 Å². The normalized spacial score (nSPS) is 10.6. The van der Waals surface area contributed by atoms with Crippen LogP contribution in [-0.4, -0.2) is 23.1 Å². The zero-order valence-corrected chi connectivity index (χ0v) is 11.0. The molecule has 0 saturated heterocycles. The maximum Gasteiger partial charge on any atom is 0.145 e. The van der Waals surface area contributed by atoms with Gasteiger partial charge in [-0.15, -0.1) is 0 Å². The average molecular weight is 305 g/mol. The summed E-state index contributed by atoms with van der Waals surface area (Å²) in [4.78, 5) is 10.5. The van der Waals surface area contributed by atoms with Gasteiger partial charge in [-0.2, -0.15) is 0 Å². The smallest absolute Gasteiger partial charge is 0.145 e. The molecule has 0 atom stereocenters. The van der Waals surface area contributed by atoms with Crippen LogP contribution in [0.15, 0.2) is 12.5 Å². The van der Waals surface area contributed by atoms with Gasteiger partial charge in [-0.1, -0.05) is 13.8 Å². The van der Waals surface area contributed by atoms with Crippen LogP contribution in [-0.2, 0) is 0 Å². The Morgan fingerprint density at radius 3 is 2.57 bits per heavy atom. The van der Waals surface area contributed by atoms with Gasteiger partial charge in [-0.05, 0) is 35.4 Å². The van der Waals surface area contributed by atoms with E-state index in [1.807, 2.05) is 6.20 Å². The Morgan fingerprint density at radius 2 is 2.07 bits per heavy atom. The van der Waals surface area contributed by atoms with Crippen LogP contribution < -0.4 is 4.90 Å². The van der Waals surface area contributed by atoms with Gasteiger partial charge >= 0.3 is 0 Å². The first-order valence-electron chi connectivity index (χ1n) is 4.89. The number of hydrogen-bond donors (Lipinski definition) is 0. The molecular weight excluding hydrogens is 289 g/mol. The molecule has 0 fully saturated rings. The largest absolute Gasteiger partial charge is 0.356 e. The fourth-order valence-electron chi connectivity index (χ4n) is 1.58. The molecule has 4 heteroatoms. The number of rotatable bonds is 4. The van der Waals surface area contributed by atoms with Crippen LogP contribution >= 0.6 is 22.6 Å². The molecule has 0 saturated carbocycles. The van der Waals surface area contributed by atoms with Crippen LogP contribution in [0.25, 0.3) is 0 Å². The van der Waals surface area contributed by atoms with Crippen LogP contribution in [0.1, 0.15) is 26.7 Å². The van der Waals surface area contributed by atoms with E-state index < -0.39 is 0 Å². The summed E-state index contributed by atoms with van der Waals surface area (Å²) in [5.41, 5.74) is 0. The number of anilines is 1. The molecule has 0 radical (unpaired) electrons. The third-order valence-corrected chi connectivity index (χ3v) is 3.23. The van der Waals surface area contributed by atoms with Crippen molar-refractivity contribution in [3.63, 3.8) is 0 Å². The van der Waals surface area contributed by atoms with Gasteiger partial charge in [-0.25, -0.2) is 9.97 Å². The number of hydrogen-bond acceptors (Lipinski definition) is 3. The first-order chi connectivity index (χ1) is 6.70. The Labute approximate surface area is 99.1 Å². The minimum Gasteiger partial charge on any atom is -0.356 e. The van der Waals surface area contributed by atoms with Gasteiger partial charge in [0.05, 0.1) is 3.57 Å². The number of aromatic nitrogens is 2. The summed E-state index contributed by atoms with van der Waals surface area (Å²) in [5.74, 6) is 1.04. The Bertz CT molecular complexity index is 286. The first kappa shape index (κ1) is 11.7. The van der Waals surface area contributed by atoms with E-state index in [4.69, 9.17) is 0 Å². The maximum atomic E-state index is 4.30. The molecule has 0 aliphatic carbocycles. The Hall–Kier alpha value is -0.390. The lowest BCUT2D eigenvalue weighted by Gasteiger charge is -2.27. The van der Waals surface area contributed by atoms with Crippen molar-refractivity contribution in [3.05, 3.63) is 16.1 Å². The van der Waals surface area contributed by atoms with Crippen molar-refractivity contribution in [2.45, 2.75) is 32.7 Å². The minimum atomic E-state index is 0.568. The molecule has 1 rings (SSSR count). The van der Waals surface area contributed by atoms with Gasteiger partial charge in [0.25, 0.3) is 0 Å². The van der Waals surface area contributed by atoms with E-state index in [0.29, 0.717) is 6.04 Å². The summed E-state index contributed by atoms with van der Waals surface area (Å²) >= 11 is 2.27. The van der Waals surface area contributed by atoms with Crippen LogP contribution in [0, 0.1) is 3.57 Å². The Morgan fingerprint density at radius 1 is 1.43 bits per heavy atom. The third kappa shape index (κ3) is 2.56. The highest BCUT2D eigenvalue weighted by Gasteiger charge is 2.14. The van der Waals surface area contributed by atoms with Crippen molar-refractivity contribution in [3.8, 4) is 0 Å². The predicted molar refractivity (Wildman–Crippen MR) is 67.5 cm³/mol. The van der Waals surface area contributed by atoms with Gasteiger partial charge in [0.15, 0.2) is 0 Å². The van der Waals surface area contributed by atoms with E-state index in [1.165, 1.54) is 0 Å². The van der Waals surface area contributed by atoms with Gasteiger partial charge in [0.1, 0.15) is 12.1 Å². The van der Waals surface area contributed by atoms with E-state index in [1.54, 1.807) is 6.33 Å². The molecule has 0 N–H and O–H groups in total. The number of halogens is 1. The SMILES string of the molecule is CCC(CC)N(C)c1ncncc1I. The molecule has 3 nitrogen and oxygen atoms in total. The molecule has 1 aromatic rings. The molecule has 0 aliphatic rings. The molecule has 0 bridgehead atoms. The maximum absolute atomic E-state index is 4.30. The highest BCUT2D eigenvalue weighted by atomic mass is 127. The molecule has 78 valence electrons. The molecule has 0 aliphatic heterocycles. The second kappa shape index (κ2) is 5.48. The number of nitrogens with zero attached hydrogens (tertiary/aromatic N) is 3. The minimum absolute atomic E-state index is 0.568. The summed E-state index contributed by atoms with van der Waals surface area (Å²) in [5, 5.41) is 0. The van der Waals surface area contributed by atoms with E-state index in [9.17, 15) is 0 Å². The molecule has 0 aromatic carbocycles. The first-order valence-corrected chi connectivity index (χ1v) is 5.96. The second-order valence-electron chi connectivity index (χ2n) is 3.28. The quantitative estimate of drug-likeness (QED) is 0.801. The van der Waals surface area contributed by atoms with Crippen molar-refractivity contribution >= 4 is 28.4 Å². The van der Waals surface area contributed by atoms with Gasteiger partial charge in [-0.3, -0.25) is 0 Å². The van der Waals surface area contributed by atoms with Crippen LogP contribution in [0.3, 0.4) is 0 Å². The van der Waals surface area contributed by atoms with E-state index >= 15 is 0 Å². The summed E-state index contributed by atoms with van der Waals surface area (Å²) < 4.78 is 1.11. The average Bonchev–Trinajstić information content (AvgIpc) is 2.20. The van der Waals surface area contributed by atoms with Gasteiger partial charge in [0, 0.05) is 19.3 Å². The second-order valence-corrected chi connectivity index (χ2v) is 4.44. The molecule has 14 heavy (non-hydrogen) atoms. The molecule has 1 aromatic heterocycles. The highest BCUT2D eigenvalue weighted by molar-refractivity contribution is 14.1. The third-order valence-electron chi connectivity index (χ3n) is 2.47. The standard InChI is InChI=1S/C10H16IN3/c1-4-8(5-2)14(3)10-9(11)6-12-7-13-10/h6-8H,4-5H2,1-3H3.